The van der Waals surface area contributed by atoms with Crippen LogP contribution >= 0.6 is 0 Å². The summed E-state index contributed by atoms with van der Waals surface area (Å²) in [7, 11) is 0. The van der Waals surface area contributed by atoms with Gasteiger partial charge in [0, 0.05) is 6.54 Å². The van der Waals surface area contributed by atoms with E-state index in [1.807, 2.05) is 0 Å². The summed E-state index contributed by atoms with van der Waals surface area (Å²) < 4.78 is 0. The van der Waals surface area contributed by atoms with Gasteiger partial charge in [0.1, 0.15) is 5.54 Å². The molecule has 0 aromatic carbocycles. The van der Waals surface area contributed by atoms with Crippen LogP contribution in [0.1, 0.15) is 46.0 Å². The number of carbonyl (C=O) groups excluding carboxylic acids is 1. The second kappa shape index (κ2) is 5.89. The Hall–Kier alpha value is -1.26. The fourth-order valence-corrected chi connectivity index (χ4v) is 2.11. The number of aliphatic carboxylic acids is 1. The van der Waals surface area contributed by atoms with Crippen molar-refractivity contribution in [2.24, 2.45) is 5.92 Å². The Morgan fingerprint density at radius 3 is 2.35 bits per heavy atom. The lowest BCUT2D eigenvalue weighted by Crippen LogP contribution is -2.55. The van der Waals surface area contributed by atoms with Crippen molar-refractivity contribution < 1.29 is 14.7 Å². The zero-order valence-corrected chi connectivity index (χ0v) is 10.6. The quantitative estimate of drug-likeness (QED) is 0.687. The van der Waals surface area contributed by atoms with Crippen molar-refractivity contribution in [3.8, 4) is 0 Å². The standard InChI is InChI=1S/C12H22N2O3/c1-9(2)5-8-13-11(17)14-12(10(15)16)6-3-4-7-12/h9H,3-8H2,1-2H3,(H,15,16)(H2,13,14,17). The summed E-state index contributed by atoms with van der Waals surface area (Å²) in [6, 6.07) is -0.366. The minimum atomic E-state index is -1.04. The number of hydrogen-bond donors (Lipinski definition) is 3. The van der Waals surface area contributed by atoms with E-state index in [0.29, 0.717) is 25.3 Å². The van der Waals surface area contributed by atoms with Gasteiger partial charge in [0.05, 0.1) is 0 Å². The van der Waals surface area contributed by atoms with Gasteiger partial charge in [-0.15, -0.1) is 0 Å². The number of urea groups is 1. The number of carboxylic acids is 1. The molecule has 17 heavy (non-hydrogen) atoms. The summed E-state index contributed by atoms with van der Waals surface area (Å²) in [6.07, 6.45) is 3.67. The molecule has 98 valence electrons. The van der Waals surface area contributed by atoms with Crippen molar-refractivity contribution in [2.45, 2.75) is 51.5 Å². The molecule has 5 nitrogen and oxygen atoms in total. The minimum Gasteiger partial charge on any atom is -0.480 e. The fourth-order valence-electron chi connectivity index (χ4n) is 2.11. The molecule has 0 bridgehead atoms. The highest BCUT2D eigenvalue weighted by Gasteiger charge is 2.42. The van der Waals surface area contributed by atoms with E-state index < -0.39 is 11.5 Å². The van der Waals surface area contributed by atoms with E-state index in [2.05, 4.69) is 24.5 Å². The van der Waals surface area contributed by atoms with Gasteiger partial charge in [0.2, 0.25) is 0 Å². The van der Waals surface area contributed by atoms with Crippen LogP contribution < -0.4 is 10.6 Å². The van der Waals surface area contributed by atoms with E-state index >= 15 is 0 Å². The Labute approximate surface area is 102 Å². The van der Waals surface area contributed by atoms with E-state index in [1.165, 1.54) is 0 Å². The van der Waals surface area contributed by atoms with E-state index in [0.717, 1.165) is 19.3 Å². The first-order valence-corrected chi connectivity index (χ1v) is 6.26. The molecule has 0 atom stereocenters. The van der Waals surface area contributed by atoms with Gasteiger partial charge in [-0.05, 0) is 25.2 Å². The second-order valence-electron chi connectivity index (χ2n) is 5.16. The van der Waals surface area contributed by atoms with Crippen molar-refractivity contribution in [3.05, 3.63) is 0 Å². The number of rotatable bonds is 5. The smallest absolute Gasteiger partial charge is 0.329 e. The maximum absolute atomic E-state index is 11.6. The first kappa shape index (κ1) is 13.8. The highest BCUT2D eigenvalue weighted by molar-refractivity contribution is 5.86. The van der Waals surface area contributed by atoms with E-state index in [9.17, 15) is 14.7 Å². The van der Waals surface area contributed by atoms with E-state index in [4.69, 9.17) is 0 Å². The third-order valence-corrected chi connectivity index (χ3v) is 3.23. The summed E-state index contributed by atoms with van der Waals surface area (Å²) in [4.78, 5) is 22.8. The molecular weight excluding hydrogens is 220 g/mol. The highest BCUT2D eigenvalue weighted by Crippen LogP contribution is 2.29. The van der Waals surface area contributed by atoms with Crippen LogP contribution in [0.3, 0.4) is 0 Å². The molecule has 2 amide bonds. The lowest BCUT2D eigenvalue weighted by atomic mass is 9.98. The summed E-state index contributed by atoms with van der Waals surface area (Å²) >= 11 is 0. The van der Waals surface area contributed by atoms with Gasteiger partial charge in [-0.3, -0.25) is 0 Å². The van der Waals surface area contributed by atoms with Crippen LogP contribution in [0, 0.1) is 5.92 Å². The molecule has 0 radical (unpaired) electrons. The lowest BCUT2D eigenvalue weighted by Gasteiger charge is -2.25. The zero-order chi connectivity index (χ0) is 12.9. The fraction of sp³-hybridized carbons (Fsp3) is 0.833. The molecule has 1 saturated carbocycles. The van der Waals surface area contributed by atoms with E-state index in [-0.39, 0.29) is 6.03 Å². The van der Waals surface area contributed by atoms with Crippen molar-refractivity contribution >= 4 is 12.0 Å². The third kappa shape index (κ3) is 3.91. The van der Waals surface area contributed by atoms with Gasteiger partial charge in [-0.25, -0.2) is 9.59 Å². The number of amides is 2. The molecule has 0 heterocycles. The van der Waals surface area contributed by atoms with Crippen LogP contribution in [-0.4, -0.2) is 29.2 Å². The number of nitrogens with one attached hydrogen (secondary N) is 2. The van der Waals surface area contributed by atoms with Gasteiger partial charge >= 0.3 is 12.0 Å². The Bertz CT molecular complexity index is 283. The SMILES string of the molecule is CC(C)CCNC(=O)NC1(C(=O)O)CCCC1. The first-order valence-electron chi connectivity index (χ1n) is 6.26. The monoisotopic (exact) mass is 242 g/mol. The molecule has 0 unspecified atom stereocenters. The first-order chi connectivity index (χ1) is 7.96. The average Bonchev–Trinajstić information content (AvgIpc) is 2.66. The zero-order valence-electron chi connectivity index (χ0n) is 10.6. The molecule has 5 heteroatoms. The lowest BCUT2D eigenvalue weighted by molar-refractivity contribution is -0.144. The van der Waals surface area contributed by atoms with Crippen LogP contribution in [0.25, 0.3) is 0 Å². The second-order valence-corrected chi connectivity index (χ2v) is 5.16. The topological polar surface area (TPSA) is 78.4 Å². The third-order valence-electron chi connectivity index (χ3n) is 3.23. The van der Waals surface area contributed by atoms with Gasteiger partial charge in [-0.2, -0.15) is 0 Å². The molecule has 0 aromatic heterocycles. The van der Waals surface area contributed by atoms with Gasteiger partial charge in [0.15, 0.2) is 0 Å². The molecular formula is C12H22N2O3. The maximum Gasteiger partial charge on any atom is 0.329 e. The Morgan fingerprint density at radius 2 is 1.88 bits per heavy atom. The highest BCUT2D eigenvalue weighted by atomic mass is 16.4. The number of carbonyl (C=O) groups is 2. The van der Waals surface area contributed by atoms with Crippen molar-refractivity contribution in [1.82, 2.24) is 10.6 Å². The van der Waals surface area contributed by atoms with Crippen molar-refractivity contribution in [1.29, 1.82) is 0 Å². The Kier molecular flexibility index (Phi) is 4.78. The average molecular weight is 242 g/mol. The van der Waals surface area contributed by atoms with Gasteiger partial charge < -0.3 is 15.7 Å². The Balaban J connectivity index is 2.40. The molecule has 0 aromatic rings. The van der Waals surface area contributed by atoms with Crippen LogP contribution in [0.5, 0.6) is 0 Å². The van der Waals surface area contributed by atoms with Crippen molar-refractivity contribution in [3.63, 3.8) is 0 Å². The van der Waals surface area contributed by atoms with Crippen LogP contribution in [-0.2, 0) is 4.79 Å². The molecule has 0 spiro atoms. The molecule has 1 rings (SSSR count). The van der Waals surface area contributed by atoms with Crippen LogP contribution in [0.2, 0.25) is 0 Å². The largest absolute Gasteiger partial charge is 0.480 e. The predicted octanol–water partition coefficient (Wildman–Crippen LogP) is 1.73. The van der Waals surface area contributed by atoms with E-state index in [1.54, 1.807) is 0 Å². The molecule has 3 N–H and O–H groups in total. The number of carboxylic acid groups (broad SMARTS) is 1. The molecule has 1 fully saturated rings. The van der Waals surface area contributed by atoms with Crippen LogP contribution in [0.15, 0.2) is 0 Å². The number of hydrogen-bond acceptors (Lipinski definition) is 2. The molecule has 1 aliphatic rings. The van der Waals surface area contributed by atoms with Gasteiger partial charge in [-0.1, -0.05) is 26.7 Å². The normalized spacial score (nSPS) is 18.1. The van der Waals surface area contributed by atoms with Crippen molar-refractivity contribution in [2.75, 3.05) is 6.54 Å². The molecule has 0 aliphatic heterocycles. The maximum atomic E-state index is 11.6. The minimum absolute atomic E-state index is 0.366. The molecule has 0 saturated heterocycles. The summed E-state index contributed by atoms with van der Waals surface area (Å²) in [5.41, 5.74) is -1.04. The predicted molar refractivity (Wildman–Crippen MR) is 64.8 cm³/mol. The Morgan fingerprint density at radius 1 is 1.29 bits per heavy atom. The van der Waals surface area contributed by atoms with Gasteiger partial charge in [0.25, 0.3) is 0 Å². The summed E-state index contributed by atoms with van der Waals surface area (Å²) in [5.74, 6) is -0.399. The van der Waals surface area contributed by atoms with Crippen LogP contribution in [0.4, 0.5) is 4.79 Å². The summed E-state index contributed by atoms with van der Waals surface area (Å²) in [6.45, 7) is 4.74. The summed E-state index contributed by atoms with van der Waals surface area (Å²) in [5, 5.41) is 14.5. The molecule has 1 aliphatic carbocycles.